The average molecular weight is 736 g/mol. The number of aromatic amines is 1. The average Bonchev–Trinajstić information content (AvgIpc) is 3.53. The summed E-state index contributed by atoms with van der Waals surface area (Å²) in [6.45, 7) is 0. The molecule has 1 aliphatic rings. The van der Waals surface area contributed by atoms with Crippen molar-refractivity contribution in [2.75, 3.05) is 0 Å². The summed E-state index contributed by atoms with van der Waals surface area (Å²) >= 11 is 8.69. The van der Waals surface area contributed by atoms with Gasteiger partial charge in [0, 0.05) is 10.0 Å². The van der Waals surface area contributed by atoms with Crippen LogP contribution in [0.3, 0.4) is 0 Å². The number of halogens is 6. The van der Waals surface area contributed by atoms with Crippen LogP contribution in [0.15, 0.2) is 76.2 Å². The van der Waals surface area contributed by atoms with Crippen molar-refractivity contribution in [3.63, 3.8) is 0 Å². The summed E-state index contributed by atoms with van der Waals surface area (Å²) in [4.78, 5) is 18.2. The van der Waals surface area contributed by atoms with Gasteiger partial charge in [-0.25, -0.2) is 30.9 Å². The first-order chi connectivity index (χ1) is 20.5. The molecule has 3 aromatic carbocycles. The normalized spacial score (nSPS) is 17.4. The highest BCUT2D eigenvalue weighted by Gasteiger charge is 2.38. The number of amides is 1. The molecule has 2 heterocycles. The third-order valence-corrected chi connectivity index (χ3v) is 11.0. The summed E-state index contributed by atoms with van der Waals surface area (Å²) < 4.78 is 110. The zero-order chi connectivity index (χ0) is 32.0. The van der Waals surface area contributed by atoms with Gasteiger partial charge in [0.15, 0.2) is 0 Å². The number of alkyl halides is 3. The lowest BCUT2D eigenvalue weighted by Gasteiger charge is -2.19. The maximum atomic E-state index is 13.7. The van der Waals surface area contributed by atoms with Gasteiger partial charge in [-0.1, -0.05) is 51.8 Å². The summed E-state index contributed by atoms with van der Waals surface area (Å²) in [7, 11) is -8.46. The Bertz CT molecular complexity index is 1970. The molecule has 44 heavy (non-hydrogen) atoms. The minimum Gasteiger partial charge on any atom is -0.341 e. The first kappa shape index (κ1) is 32.1. The Morgan fingerprint density at radius 1 is 1.09 bits per heavy atom. The van der Waals surface area contributed by atoms with Crippen LogP contribution in [0.1, 0.15) is 40.2 Å². The van der Waals surface area contributed by atoms with E-state index in [9.17, 15) is 39.2 Å². The van der Waals surface area contributed by atoms with Crippen LogP contribution in [0, 0.1) is 5.82 Å². The summed E-state index contributed by atoms with van der Waals surface area (Å²) in [6.07, 6.45) is -3.79. The van der Waals surface area contributed by atoms with E-state index in [2.05, 4.69) is 30.6 Å². The van der Waals surface area contributed by atoms with Crippen molar-refractivity contribution in [1.29, 1.82) is 0 Å². The van der Waals surface area contributed by atoms with Gasteiger partial charge >= 0.3 is 6.18 Å². The van der Waals surface area contributed by atoms with E-state index in [1.54, 1.807) is 12.1 Å². The molecule has 0 aliphatic carbocycles. The van der Waals surface area contributed by atoms with Crippen LogP contribution >= 0.6 is 27.5 Å². The molecule has 1 aromatic heterocycles. The minimum absolute atomic E-state index is 0.0755. The molecule has 0 radical (unpaired) electrons. The van der Waals surface area contributed by atoms with Gasteiger partial charge in [-0.3, -0.25) is 9.52 Å². The summed E-state index contributed by atoms with van der Waals surface area (Å²) in [5, 5.41) is -1.25. The molecule has 232 valence electrons. The number of nitrogens with zero attached hydrogens (tertiary/aromatic N) is 1. The first-order valence-corrected chi connectivity index (χ1v) is 16.8. The first-order valence-electron chi connectivity index (χ1n) is 12.6. The quantitative estimate of drug-likeness (QED) is 0.196. The van der Waals surface area contributed by atoms with Crippen LogP contribution in [-0.4, -0.2) is 32.7 Å². The van der Waals surface area contributed by atoms with Crippen molar-refractivity contribution in [3.05, 3.63) is 105 Å². The van der Waals surface area contributed by atoms with Gasteiger partial charge < -0.3 is 4.98 Å². The molecule has 0 bridgehead atoms. The number of hydrogen-bond donors (Lipinski definition) is 3. The molecule has 3 N–H and O–H groups in total. The Balaban J connectivity index is 1.49. The van der Waals surface area contributed by atoms with Crippen molar-refractivity contribution in [3.8, 4) is 11.3 Å². The highest BCUT2D eigenvalue weighted by molar-refractivity contribution is 9.10. The van der Waals surface area contributed by atoms with Crippen LogP contribution in [0.2, 0.25) is 5.02 Å². The molecule has 1 fully saturated rings. The molecule has 5 rings (SSSR count). The Labute approximate surface area is 262 Å². The fraction of sp³-hybridized carbons (Fsp3) is 0.185. The van der Waals surface area contributed by atoms with Crippen molar-refractivity contribution in [2.45, 2.75) is 35.2 Å². The maximum absolute atomic E-state index is 13.7. The molecule has 2 unspecified atom stereocenters. The van der Waals surface area contributed by atoms with Crippen LogP contribution < -0.4 is 9.44 Å². The van der Waals surface area contributed by atoms with E-state index < -0.39 is 59.7 Å². The number of imidazole rings is 1. The van der Waals surface area contributed by atoms with Gasteiger partial charge in [-0.05, 0) is 53.9 Å². The Kier molecular flexibility index (Phi) is 8.67. The Morgan fingerprint density at radius 2 is 1.80 bits per heavy atom. The van der Waals surface area contributed by atoms with Gasteiger partial charge in [0.25, 0.3) is 0 Å². The topological polar surface area (TPSA) is 138 Å². The van der Waals surface area contributed by atoms with E-state index in [-0.39, 0.29) is 28.2 Å². The molecular formula is C27H20BrClF4N4O5S2. The van der Waals surface area contributed by atoms with E-state index >= 15 is 0 Å². The molecule has 0 spiro atoms. The van der Waals surface area contributed by atoms with Gasteiger partial charge in [0.2, 0.25) is 26.0 Å². The molecule has 2 atom stereocenters. The van der Waals surface area contributed by atoms with Crippen LogP contribution in [0.4, 0.5) is 17.6 Å². The van der Waals surface area contributed by atoms with E-state index in [1.807, 2.05) is 4.72 Å². The zero-order valence-corrected chi connectivity index (χ0v) is 26.0. The number of nitrogens with one attached hydrogen (secondary N) is 3. The maximum Gasteiger partial charge on any atom is 0.417 e. The highest BCUT2D eigenvalue weighted by Crippen LogP contribution is 2.37. The van der Waals surface area contributed by atoms with Gasteiger partial charge in [-0.2, -0.15) is 13.2 Å². The lowest BCUT2D eigenvalue weighted by Crippen LogP contribution is -2.31. The van der Waals surface area contributed by atoms with E-state index in [1.165, 1.54) is 30.5 Å². The van der Waals surface area contributed by atoms with Crippen molar-refractivity contribution in [1.82, 2.24) is 19.4 Å². The summed E-state index contributed by atoms with van der Waals surface area (Å²) in [5.74, 6) is -1.21. The number of aromatic nitrogens is 2. The molecule has 17 heteroatoms. The molecule has 1 saturated heterocycles. The van der Waals surface area contributed by atoms with Gasteiger partial charge in [0.1, 0.15) is 16.9 Å². The van der Waals surface area contributed by atoms with Crippen LogP contribution in [-0.2, 0) is 37.4 Å². The van der Waals surface area contributed by atoms with Crippen molar-refractivity contribution in [2.24, 2.45) is 0 Å². The number of benzene rings is 3. The highest BCUT2D eigenvalue weighted by atomic mass is 79.9. The molecule has 9 nitrogen and oxygen atoms in total. The number of carbonyl (C=O) groups is 1. The Hall–Kier alpha value is -3.31. The number of carbonyl (C=O) groups excluding carboxylic acids is 1. The monoisotopic (exact) mass is 734 g/mol. The summed E-state index contributed by atoms with van der Waals surface area (Å²) in [5.41, 5.74) is 0.451. The molecule has 4 aromatic rings. The van der Waals surface area contributed by atoms with Gasteiger partial charge in [0.05, 0.1) is 39.8 Å². The Morgan fingerprint density at radius 3 is 2.41 bits per heavy atom. The summed E-state index contributed by atoms with van der Waals surface area (Å²) in [6, 6.07) is 11.3. The van der Waals surface area contributed by atoms with E-state index in [0.29, 0.717) is 28.5 Å². The fourth-order valence-corrected chi connectivity index (χ4v) is 7.92. The third kappa shape index (κ3) is 6.83. The second-order valence-corrected chi connectivity index (χ2v) is 14.7. The van der Waals surface area contributed by atoms with Gasteiger partial charge in [-0.15, -0.1) is 0 Å². The molecule has 1 amide bonds. The number of H-pyrrole nitrogens is 1. The smallest absolute Gasteiger partial charge is 0.341 e. The second kappa shape index (κ2) is 11.9. The standard InChI is InChI=1S/C27H20BrClF4N4O5S2/c28-19-7-6-17(11-18(19)27(31,32)33)43(39,40)36-22(26-34-13-23(35-26)16-5-8-21(30)20(29)10-16)9-14-1-3-15(4-2-14)24-12-25(38)37-44(24,41)42/h1-8,10-11,13,22,24,36H,9,12H2,(H,34,35)(H,37,38). The lowest BCUT2D eigenvalue weighted by atomic mass is 10.0. The molecular weight excluding hydrogens is 716 g/mol. The van der Waals surface area contributed by atoms with E-state index in [0.717, 1.165) is 18.2 Å². The predicted molar refractivity (Wildman–Crippen MR) is 156 cm³/mol. The minimum atomic E-state index is -4.83. The SMILES string of the molecule is O=C1CC(c2ccc(CC(NS(=O)(=O)c3ccc(Br)c(C(F)(F)F)c3)c3ncc(-c4ccc(F)c(Cl)c4)[nH]3)cc2)S(=O)(=O)N1. The van der Waals surface area contributed by atoms with Crippen LogP contribution in [0.25, 0.3) is 11.3 Å². The van der Waals surface area contributed by atoms with Crippen molar-refractivity contribution >= 4 is 53.5 Å². The second-order valence-electron chi connectivity index (χ2n) is 9.83. The molecule has 1 aliphatic heterocycles. The number of sulfonamides is 2. The largest absolute Gasteiger partial charge is 0.417 e. The predicted octanol–water partition coefficient (Wildman–Crippen LogP) is 5.80. The zero-order valence-electron chi connectivity index (χ0n) is 22.0. The number of rotatable bonds is 8. The number of hydrogen-bond acceptors (Lipinski definition) is 6. The molecule has 0 saturated carbocycles. The third-order valence-electron chi connectivity index (χ3n) is 6.80. The van der Waals surface area contributed by atoms with Crippen molar-refractivity contribution < 1.29 is 39.2 Å². The van der Waals surface area contributed by atoms with Crippen LogP contribution in [0.5, 0.6) is 0 Å². The van der Waals surface area contributed by atoms with E-state index in [4.69, 9.17) is 11.6 Å². The lowest BCUT2D eigenvalue weighted by molar-refractivity contribution is -0.138. The fourth-order valence-electron chi connectivity index (χ4n) is 4.61.